The first-order chi connectivity index (χ1) is 7.81. The van der Waals surface area contributed by atoms with Gasteiger partial charge in [0, 0.05) is 19.2 Å². The summed E-state index contributed by atoms with van der Waals surface area (Å²) in [5, 5.41) is 8.62. The lowest BCUT2D eigenvalue weighted by molar-refractivity contribution is 0.640. The van der Waals surface area contributed by atoms with Crippen LogP contribution in [0.25, 0.3) is 0 Å². The third-order valence-corrected chi connectivity index (χ3v) is 2.63. The SMILES string of the molecule is CCCCc1nc(CCC)cn1CCC#N. The Hall–Kier alpha value is -1.30. The molecule has 0 spiro atoms. The van der Waals surface area contributed by atoms with Crippen LogP contribution >= 0.6 is 0 Å². The quantitative estimate of drug-likeness (QED) is 0.707. The molecular weight excluding hydrogens is 198 g/mol. The molecule has 0 aliphatic heterocycles. The zero-order valence-electron chi connectivity index (χ0n) is 10.4. The molecular formula is C13H21N3. The van der Waals surface area contributed by atoms with Crippen molar-refractivity contribution in [2.45, 2.75) is 58.9 Å². The molecule has 0 bridgehead atoms. The standard InChI is InChI=1S/C13H21N3/c1-3-5-8-13-15-12(7-4-2)11-16(13)10-6-9-14/h11H,3-8,10H2,1-2H3. The van der Waals surface area contributed by atoms with Gasteiger partial charge in [0.05, 0.1) is 18.2 Å². The molecule has 88 valence electrons. The van der Waals surface area contributed by atoms with Crippen LogP contribution in [0, 0.1) is 11.3 Å². The van der Waals surface area contributed by atoms with Gasteiger partial charge in [-0.15, -0.1) is 0 Å². The predicted molar refractivity (Wildman–Crippen MR) is 65.1 cm³/mol. The molecule has 1 aromatic heterocycles. The minimum atomic E-state index is 0.570. The average molecular weight is 219 g/mol. The highest BCUT2D eigenvalue weighted by molar-refractivity contribution is 5.05. The maximum atomic E-state index is 8.62. The van der Waals surface area contributed by atoms with Crippen molar-refractivity contribution in [2.24, 2.45) is 0 Å². The van der Waals surface area contributed by atoms with Crippen LogP contribution in [0.1, 0.15) is 51.0 Å². The maximum absolute atomic E-state index is 8.62. The summed E-state index contributed by atoms with van der Waals surface area (Å²) < 4.78 is 2.16. The van der Waals surface area contributed by atoms with Crippen LogP contribution < -0.4 is 0 Å². The Morgan fingerprint density at radius 1 is 1.31 bits per heavy atom. The van der Waals surface area contributed by atoms with Crippen LogP contribution in [0.15, 0.2) is 6.20 Å². The predicted octanol–water partition coefficient (Wildman–Crippen LogP) is 3.09. The van der Waals surface area contributed by atoms with Crippen LogP contribution in [-0.4, -0.2) is 9.55 Å². The fourth-order valence-corrected chi connectivity index (χ4v) is 1.79. The molecule has 0 saturated heterocycles. The van der Waals surface area contributed by atoms with Crippen molar-refractivity contribution in [3.63, 3.8) is 0 Å². The van der Waals surface area contributed by atoms with Crippen molar-refractivity contribution in [2.75, 3.05) is 0 Å². The van der Waals surface area contributed by atoms with E-state index in [0.29, 0.717) is 6.42 Å². The number of hydrogen-bond donors (Lipinski definition) is 0. The zero-order chi connectivity index (χ0) is 11.8. The zero-order valence-corrected chi connectivity index (χ0v) is 10.4. The lowest BCUT2D eigenvalue weighted by Crippen LogP contribution is -2.02. The van der Waals surface area contributed by atoms with E-state index in [1.807, 2.05) is 0 Å². The molecule has 0 aliphatic carbocycles. The summed E-state index contributed by atoms with van der Waals surface area (Å²) in [7, 11) is 0. The Bertz CT molecular complexity index is 347. The molecule has 1 aromatic rings. The summed E-state index contributed by atoms with van der Waals surface area (Å²) in [5.74, 6) is 1.15. The molecule has 0 N–H and O–H groups in total. The van der Waals surface area contributed by atoms with E-state index in [9.17, 15) is 0 Å². The van der Waals surface area contributed by atoms with Crippen molar-refractivity contribution < 1.29 is 0 Å². The van der Waals surface area contributed by atoms with Crippen molar-refractivity contribution in [3.8, 4) is 6.07 Å². The highest BCUT2D eigenvalue weighted by Crippen LogP contribution is 2.09. The van der Waals surface area contributed by atoms with E-state index in [2.05, 4.69) is 35.7 Å². The van der Waals surface area contributed by atoms with Crippen molar-refractivity contribution >= 4 is 0 Å². The van der Waals surface area contributed by atoms with Gasteiger partial charge >= 0.3 is 0 Å². The van der Waals surface area contributed by atoms with E-state index in [0.717, 1.165) is 31.6 Å². The van der Waals surface area contributed by atoms with Crippen LogP contribution in [0.3, 0.4) is 0 Å². The molecule has 3 nitrogen and oxygen atoms in total. The number of imidazole rings is 1. The normalized spacial score (nSPS) is 10.3. The number of rotatable bonds is 7. The molecule has 0 aromatic carbocycles. The topological polar surface area (TPSA) is 41.6 Å². The second-order valence-electron chi connectivity index (χ2n) is 4.10. The largest absolute Gasteiger partial charge is 0.334 e. The molecule has 0 saturated carbocycles. The molecule has 0 fully saturated rings. The summed E-state index contributed by atoms with van der Waals surface area (Å²) >= 11 is 0. The molecule has 0 atom stereocenters. The maximum Gasteiger partial charge on any atom is 0.108 e. The van der Waals surface area contributed by atoms with Crippen molar-refractivity contribution in [1.82, 2.24) is 9.55 Å². The van der Waals surface area contributed by atoms with E-state index in [1.54, 1.807) is 0 Å². The smallest absolute Gasteiger partial charge is 0.108 e. The van der Waals surface area contributed by atoms with Gasteiger partial charge in [-0.05, 0) is 12.8 Å². The first-order valence-electron chi connectivity index (χ1n) is 6.23. The molecule has 0 amide bonds. The van der Waals surface area contributed by atoms with Gasteiger partial charge in [-0.2, -0.15) is 5.26 Å². The van der Waals surface area contributed by atoms with E-state index < -0.39 is 0 Å². The summed E-state index contributed by atoms with van der Waals surface area (Å²) in [6.45, 7) is 5.14. The molecule has 0 unspecified atom stereocenters. The van der Waals surface area contributed by atoms with Crippen LogP contribution in [0.4, 0.5) is 0 Å². The number of hydrogen-bond acceptors (Lipinski definition) is 2. The Balaban J connectivity index is 2.72. The third kappa shape index (κ3) is 3.69. The van der Waals surface area contributed by atoms with Gasteiger partial charge in [-0.1, -0.05) is 26.7 Å². The number of aromatic nitrogens is 2. The minimum absolute atomic E-state index is 0.570. The molecule has 16 heavy (non-hydrogen) atoms. The van der Waals surface area contributed by atoms with Gasteiger partial charge in [0.2, 0.25) is 0 Å². The Labute approximate surface area is 98.1 Å². The summed E-state index contributed by atoms with van der Waals surface area (Å²) in [5.41, 5.74) is 1.17. The fourth-order valence-electron chi connectivity index (χ4n) is 1.79. The Morgan fingerprint density at radius 3 is 2.75 bits per heavy atom. The number of nitrogens with zero attached hydrogens (tertiary/aromatic N) is 3. The molecule has 1 heterocycles. The number of nitriles is 1. The summed E-state index contributed by atoms with van der Waals surface area (Å²) in [4.78, 5) is 4.64. The molecule has 3 heteroatoms. The fraction of sp³-hybridized carbons (Fsp3) is 0.692. The molecule has 0 radical (unpaired) electrons. The first kappa shape index (κ1) is 12.8. The number of unbranched alkanes of at least 4 members (excludes halogenated alkanes) is 1. The average Bonchev–Trinajstić information content (AvgIpc) is 2.66. The summed E-state index contributed by atoms with van der Waals surface area (Å²) in [6.07, 6.45) is 8.25. The van der Waals surface area contributed by atoms with E-state index in [-0.39, 0.29) is 0 Å². The molecule has 1 rings (SSSR count). The minimum Gasteiger partial charge on any atom is -0.334 e. The van der Waals surface area contributed by atoms with Gasteiger partial charge in [-0.3, -0.25) is 0 Å². The highest BCUT2D eigenvalue weighted by atomic mass is 15.1. The highest BCUT2D eigenvalue weighted by Gasteiger charge is 2.06. The van der Waals surface area contributed by atoms with Gasteiger partial charge in [0.25, 0.3) is 0 Å². The van der Waals surface area contributed by atoms with E-state index >= 15 is 0 Å². The second kappa shape index (κ2) is 7.05. The van der Waals surface area contributed by atoms with Gasteiger partial charge in [0.1, 0.15) is 5.82 Å². The van der Waals surface area contributed by atoms with E-state index in [1.165, 1.54) is 18.5 Å². The van der Waals surface area contributed by atoms with Crippen LogP contribution in [-0.2, 0) is 19.4 Å². The van der Waals surface area contributed by atoms with Gasteiger partial charge < -0.3 is 4.57 Å². The second-order valence-corrected chi connectivity index (χ2v) is 4.10. The first-order valence-corrected chi connectivity index (χ1v) is 6.23. The Kier molecular flexibility index (Phi) is 5.63. The van der Waals surface area contributed by atoms with Crippen LogP contribution in [0.5, 0.6) is 0 Å². The third-order valence-electron chi connectivity index (χ3n) is 2.63. The molecule has 0 aliphatic rings. The summed E-state index contributed by atoms with van der Waals surface area (Å²) in [6, 6.07) is 2.19. The number of aryl methyl sites for hydroxylation is 3. The van der Waals surface area contributed by atoms with Gasteiger partial charge in [-0.25, -0.2) is 4.98 Å². The lowest BCUT2D eigenvalue weighted by atomic mass is 10.2. The van der Waals surface area contributed by atoms with Gasteiger partial charge in [0.15, 0.2) is 0 Å². The lowest BCUT2D eigenvalue weighted by Gasteiger charge is -2.03. The van der Waals surface area contributed by atoms with E-state index in [4.69, 9.17) is 5.26 Å². The monoisotopic (exact) mass is 219 g/mol. The van der Waals surface area contributed by atoms with Crippen molar-refractivity contribution in [1.29, 1.82) is 5.26 Å². The Morgan fingerprint density at radius 2 is 2.12 bits per heavy atom. The van der Waals surface area contributed by atoms with Crippen LogP contribution in [0.2, 0.25) is 0 Å². The van der Waals surface area contributed by atoms with Crippen molar-refractivity contribution in [3.05, 3.63) is 17.7 Å².